The van der Waals surface area contributed by atoms with Gasteiger partial charge in [0.2, 0.25) is 17.7 Å². The molecule has 1 rings (SSSR count). The van der Waals surface area contributed by atoms with Gasteiger partial charge in [-0.05, 0) is 44.4 Å². The summed E-state index contributed by atoms with van der Waals surface area (Å²) in [5, 5.41) is 45.3. The van der Waals surface area contributed by atoms with Crippen molar-refractivity contribution in [3.8, 4) is 5.75 Å². The maximum absolute atomic E-state index is 13.2. The monoisotopic (exact) mass is 539 g/mol. The number of nitrogens with one attached hydrogen (secondary N) is 3. The third kappa shape index (κ3) is 11.0. The molecule has 0 bridgehead atoms. The number of phenolic OH excluding ortho intramolecular Hbond substituents is 1. The summed E-state index contributed by atoms with van der Waals surface area (Å²) >= 11 is 0. The quantitative estimate of drug-likeness (QED) is 0.0596. The first-order valence-corrected chi connectivity index (χ1v) is 11.8. The van der Waals surface area contributed by atoms with Crippen LogP contribution in [0.5, 0.6) is 5.75 Å². The van der Waals surface area contributed by atoms with Crippen molar-refractivity contribution in [3.63, 3.8) is 0 Å². The van der Waals surface area contributed by atoms with Gasteiger partial charge in [-0.2, -0.15) is 0 Å². The zero-order chi connectivity index (χ0) is 29.0. The number of carbonyl (C=O) groups is 4. The number of carboxylic acids is 1. The average molecular weight is 540 g/mol. The predicted octanol–water partition coefficient (Wildman–Crippen LogP) is -3.38. The first-order chi connectivity index (χ1) is 17.7. The van der Waals surface area contributed by atoms with Gasteiger partial charge in [-0.1, -0.05) is 12.1 Å². The maximum Gasteiger partial charge on any atom is 0.328 e. The Bertz CT molecular complexity index is 980. The van der Waals surface area contributed by atoms with Gasteiger partial charge in [-0.15, -0.1) is 0 Å². The molecule has 1 aromatic rings. The van der Waals surface area contributed by atoms with Gasteiger partial charge in [0, 0.05) is 13.0 Å². The molecule has 0 aromatic heterocycles. The van der Waals surface area contributed by atoms with Crippen LogP contribution in [0.3, 0.4) is 0 Å². The molecule has 15 heteroatoms. The molecule has 38 heavy (non-hydrogen) atoms. The summed E-state index contributed by atoms with van der Waals surface area (Å²) in [7, 11) is 0. The number of hydrogen-bond acceptors (Lipinski definition) is 9. The number of aliphatic imine (C=N–C) groups is 1. The van der Waals surface area contributed by atoms with Crippen LogP contribution in [0.1, 0.15) is 32.3 Å². The number of guanidine groups is 1. The number of benzene rings is 1. The molecule has 6 unspecified atom stereocenters. The Balaban J connectivity index is 3.19. The zero-order valence-electron chi connectivity index (χ0n) is 21.2. The first-order valence-electron chi connectivity index (χ1n) is 11.8. The second-order valence-electron chi connectivity index (χ2n) is 8.77. The van der Waals surface area contributed by atoms with Crippen molar-refractivity contribution < 1.29 is 39.6 Å². The van der Waals surface area contributed by atoms with Gasteiger partial charge < -0.3 is 53.6 Å². The molecule has 15 nitrogen and oxygen atoms in total. The molecule has 13 N–H and O–H groups in total. The van der Waals surface area contributed by atoms with Crippen LogP contribution in [0, 0.1) is 0 Å². The number of amides is 3. The maximum atomic E-state index is 13.2. The Labute approximate surface area is 219 Å². The fourth-order valence-corrected chi connectivity index (χ4v) is 3.25. The molecule has 0 fully saturated rings. The highest BCUT2D eigenvalue weighted by molar-refractivity contribution is 5.94. The van der Waals surface area contributed by atoms with E-state index in [9.17, 15) is 39.6 Å². The molecular weight excluding hydrogens is 502 g/mol. The number of aliphatic hydroxyl groups is 2. The number of rotatable bonds is 15. The molecule has 0 saturated carbocycles. The lowest BCUT2D eigenvalue weighted by Crippen LogP contribution is -2.59. The van der Waals surface area contributed by atoms with E-state index in [1.807, 2.05) is 0 Å². The second-order valence-corrected chi connectivity index (χ2v) is 8.77. The number of carboxylic acid groups (broad SMARTS) is 1. The summed E-state index contributed by atoms with van der Waals surface area (Å²) in [6, 6.07) is 0.196. The number of aliphatic carboxylic acids is 1. The molecule has 3 amide bonds. The molecule has 6 atom stereocenters. The Morgan fingerprint density at radius 1 is 0.895 bits per heavy atom. The van der Waals surface area contributed by atoms with Crippen molar-refractivity contribution in [1.82, 2.24) is 16.0 Å². The van der Waals surface area contributed by atoms with Gasteiger partial charge in [0.05, 0.1) is 12.2 Å². The summed E-state index contributed by atoms with van der Waals surface area (Å²) in [5.41, 5.74) is 16.8. The van der Waals surface area contributed by atoms with Crippen LogP contribution in [0.2, 0.25) is 0 Å². The highest BCUT2D eigenvalue weighted by Gasteiger charge is 2.32. The summed E-state index contributed by atoms with van der Waals surface area (Å²) in [6.07, 6.45) is -2.49. The summed E-state index contributed by atoms with van der Waals surface area (Å²) in [6.45, 7) is 2.62. The van der Waals surface area contributed by atoms with Crippen molar-refractivity contribution in [2.75, 3.05) is 6.54 Å². The lowest BCUT2D eigenvalue weighted by Gasteiger charge is -2.26. The molecule has 0 radical (unpaired) electrons. The number of nitrogens with two attached hydrogens (primary N) is 3. The largest absolute Gasteiger partial charge is 0.508 e. The minimum Gasteiger partial charge on any atom is -0.508 e. The number of carbonyl (C=O) groups excluding carboxylic acids is 3. The van der Waals surface area contributed by atoms with Gasteiger partial charge in [0.15, 0.2) is 12.0 Å². The number of phenols is 1. The molecule has 1 aromatic carbocycles. The highest BCUT2D eigenvalue weighted by Crippen LogP contribution is 2.12. The fraction of sp³-hybridized carbons (Fsp3) is 0.522. The Hall–Kier alpha value is -3.95. The van der Waals surface area contributed by atoms with E-state index in [0.717, 1.165) is 0 Å². The van der Waals surface area contributed by atoms with E-state index in [4.69, 9.17) is 17.2 Å². The smallest absolute Gasteiger partial charge is 0.328 e. The fourth-order valence-electron chi connectivity index (χ4n) is 3.25. The van der Waals surface area contributed by atoms with Gasteiger partial charge in [-0.25, -0.2) is 4.79 Å². The number of hydrogen-bond donors (Lipinski definition) is 10. The molecule has 0 spiro atoms. The summed E-state index contributed by atoms with van der Waals surface area (Å²) < 4.78 is 0. The Morgan fingerprint density at radius 2 is 1.45 bits per heavy atom. The van der Waals surface area contributed by atoms with E-state index in [-0.39, 0.29) is 37.5 Å². The minimum atomic E-state index is -1.65. The Kier molecular flexibility index (Phi) is 12.9. The van der Waals surface area contributed by atoms with E-state index in [2.05, 4.69) is 20.9 Å². The predicted molar refractivity (Wildman–Crippen MR) is 136 cm³/mol. The van der Waals surface area contributed by atoms with E-state index in [0.29, 0.717) is 5.56 Å². The second kappa shape index (κ2) is 15.3. The number of aromatic hydroxyl groups is 1. The summed E-state index contributed by atoms with van der Waals surface area (Å²) in [4.78, 5) is 53.9. The van der Waals surface area contributed by atoms with Gasteiger partial charge in [-0.3, -0.25) is 19.4 Å². The highest BCUT2D eigenvalue weighted by atomic mass is 16.4. The molecule has 0 aliphatic carbocycles. The van der Waals surface area contributed by atoms with Gasteiger partial charge >= 0.3 is 5.97 Å². The average Bonchev–Trinajstić information content (AvgIpc) is 2.83. The molecule has 0 heterocycles. The zero-order valence-corrected chi connectivity index (χ0v) is 21.2. The minimum absolute atomic E-state index is 0.0276. The van der Waals surface area contributed by atoms with Gasteiger partial charge in [0.1, 0.15) is 23.9 Å². The topological polar surface area (TPSA) is 276 Å². The van der Waals surface area contributed by atoms with Crippen LogP contribution < -0.4 is 33.2 Å². The van der Waals surface area contributed by atoms with E-state index in [1.54, 1.807) is 0 Å². The third-order valence-electron chi connectivity index (χ3n) is 5.46. The van der Waals surface area contributed by atoms with Crippen molar-refractivity contribution in [2.45, 2.75) is 69.5 Å². The van der Waals surface area contributed by atoms with E-state index < -0.39 is 60.1 Å². The molecule has 0 aliphatic heterocycles. The van der Waals surface area contributed by atoms with Crippen LogP contribution in [0.25, 0.3) is 0 Å². The molecule has 212 valence electrons. The van der Waals surface area contributed by atoms with Crippen molar-refractivity contribution in [1.29, 1.82) is 0 Å². The molecular formula is C23H37N7O8. The van der Waals surface area contributed by atoms with Crippen LogP contribution in [-0.2, 0) is 25.6 Å². The standard InChI is InChI=1S/C23H37N7O8/c1-11(31)17(24)21(36)28-15(4-3-9-27-23(25)26)19(34)29-16(10-13-5-7-14(33)8-6-13)20(35)30-18(12(2)32)22(37)38/h5-8,11-12,15-18,31-33H,3-4,9-10,24H2,1-2H3,(H,28,36)(H,29,34)(H,30,35)(H,37,38)(H4,25,26,27). The van der Waals surface area contributed by atoms with Crippen LogP contribution in [0.15, 0.2) is 29.3 Å². The lowest BCUT2D eigenvalue weighted by molar-refractivity contribution is -0.145. The van der Waals surface area contributed by atoms with Crippen LogP contribution in [0.4, 0.5) is 0 Å². The Morgan fingerprint density at radius 3 is 1.95 bits per heavy atom. The van der Waals surface area contributed by atoms with Crippen molar-refractivity contribution in [3.05, 3.63) is 29.8 Å². The number of aliphatic hydroxyl groups excluding tert-OH is 2. The van der Waals surface area contributed by atoms with E-state index in [1.165, 1.54) is 38.1 Å². The molecule has 0 aliphatic rings. The number of nitrogens with zero attached hydrogens (tertiary/aromatic N) is 1. The van der Waals surface area contributed by atoms with Crippen molar-refractivity contribution in [2.24, 2.45) is 22.2 Å². The first kappa shape index (κ1) is 32.1. The molecule has 0 saturated heterocycles. The summed E-state index contributed by atoms with van der Waals surface area (Å²) in [5.74, 6) is -4.21. The lowest BCUT2D eigenvalue weighted by atomic mass is 10.0. The normalized spacial score (nSPS) is 15.6. The SMILES string of the molecule is CC(O)C(N)C(=O)NC(CCCN=C(N)N)C(=O)NC(Cc1ccc(O)cc1)C(=O)NC(C(=O)O)C(C)O. The van der Waals surface area contributed by atoms with E-state index >= 15 is 0 Å². The van der Waals surface area contributed by atoms with Gasteiger partial charge in [0.25, 0.3) is 0 Å². The van der Waals surface area contributed by atoms with Crippen LogP contribution >= 0.6 is 0 Å². The van der Waals surface area contributed by atoms with Crippen molar-refractivity contribution >= 4 is 29.7 Å². The third-order valence-corrected chi connectivity index (χ3v) is 5.46. The van der Waals surface area contributed by atoms with Crippen LogP contribution in [-0.4, -0.2) is 93.0 Å².